The van der Waals surface area contributed by atoms with Crippen molar-refractivity contribution >= 4 is 11.7 Å². The number of hydrogen-bond donors (Lipinski definition) is 0. The van der Waals surface area contributed by atoms with Crippen molar-refractivity contribution in [3.05, 3.63) is 47.8 Å². The number of ether oxygens (including phenoxy) is 1. The van der Waals surface area contributed by atoms with E-state index in [2.05, 4.69) is 5.10 Å². The molecule has 4 rings (SSSR count). The lowest BCUT2D eigenvalue weighted by Crippen LogP contribution is -2.45. The standard InChI is InChI=1S/C19H21N3O3/c1-14-6-9-22(20-14)10-7-18(24)21-11-8-19(13-21)12-16(23)15-4-2-3-5-17(15)25-19/h2-6,9H,7-8,10-13H2,1H3/t19-/m0/s1. The zero-order valence-corrected chi connectivity index (χ0v) is 14.3. The van der Waals surface area contributed by atoms with Crippen molar-refractivity contribution in [2.75, 3.05) is 13.1 Å². The van der Waals surface area contributed by atoms with Gasteiger partial charge < -0.3 is 9.64 Å². The molecule has 2 aliphatic heterocycles. The molecule has 1 atom stereocenters. The highest BCUT2D eigenvalue weighted by atomic mass is 16.5. The fraction of sp³-hybridized carbons (Fsp3) is 0.421. The Hall–Kier alpha value is -2.63. The second kappa shape index (κ2) is 6.02. The first-order valence-electron chi connectivity index (χ1n) is 8.64. The van der Waals surface area contributed by atoms with Gasteiger partial charge in [-0.25, -0.2) is 0 Å². The molecule has 25 heavy (non-hydrogen) atoms. The molecule has 0 aliphatic carbocycles. The number of aryl methyl sites for hydroxylation is 2. The molecule has 1 aromatic carbocycles. The first kappa shape index (κ1) is 15.9. The summed E-state index contributed by atoms with van der Waals surface area (Å²) in [6.07, 6.45) is 3.32. The molecule has 1 saturated heterocycles. The van der Waals surface area contributed by atoms with Crippen molar-refractivity contribution in [3.63, 3.8) is 0 Å². The van der Waals surface area contributed by atoms with Crippen molar-refractivity contribution in [3.8, 4) is 5.75 Å². The average Bonchev–Trinajstić information content (AvgIpc) is 3.19. The summed E-state index contributed by atoms with van der Waals surface area (Å²) in [6, 6.07) is 9.27. The highest BCUT2D eigenvalue weighted by Crippen LogP contribution is 2.38. The number of fused-ring (bicyclic) bond motifs is 1. The molecule has 0 saturated carbocycles. The van der Waals surface area contributed by atoms with Gasteiger partial charge in [-0.15, -0.1) is 0 Å². The zero-order chi connectivity index (χ0) is 17.4. The zero-order valence-electron chi connectivity index (χ0n) is 14.3. The molecule has 6 nitrogen and oxygen atoms in total. The summed E-state index contributed by atoms with van der Waals surface area (Å²) in [6.45, 7) is 3.60. The summed E-state index contributed by atoms with van der Waals surface area (Å²) in [5, 5.41) is 4.30. The molecule has 1 fully saturated rings. The first-order chi connectivity index (χ1) is 12.0. The number of Topliss-reactive ketones (excluding diaryl/α,β-unsaturated/α-hetero) is 1. The SMILES string of the molecule is Cc1ccn(CCC(=O)N2CC[C@]3(CC(=O)c4ccccc4O3)C2)n1. The fourth-order valence-corrected chi connectivity index (χ4v) is 3.68. The van der Waals surface area contributed by atoms with Crippen molar-refractivity contribution in [1.82, 2.24) is 14.7 Å². The minimum absolute atomic E-state index is 0.0833. The molecule has 3 heterocycles. The van der Waals surface area contributed by atoms with Crippen LogP contribution in [0.5, 0.6) is 5.75 Å². The highest BCUT2D eigenvalue weighted by molar-refractivity contribution is 6.00. The van der Waals surface area contributed by atoms with E-state index in [0.29, 0.717) is 50.2 Å². The number of carbonyl (C=O) groups is 2. The Morgan fingerprint density at radius 3 is 2.96 bits per heavy atom. The Kier molecular flexibility index (Phi) is 3.82. The fourth-order valence-electron chi connectivity index (χ4n) is 3.68. The molecule has 2 aromatic rings. The van der Waals surface area contributed by atoms with Crippen LogP contribution in [0.25, 0.3) is 0 Å². The second-order valence-electron chi connectivity index (χ2n) is 6.92. The van der Waals surface area contributed by atoms with Gasteiger partial charge in [0.2, 0.25) is 5.91 Å². The van der Waals surface area contributed by atoms with E-state index in [1.54, 1.807) is 10.7 Å². The number of carbonyl (C=O) groups excluding carboxylic acids is 2. The Morgan fingerprint density at radius 1 is 1.32 bits per heavy atom. The second-order valence-corrected chi connectivity index (χ2v) is 6.92. The predicted octanol–water partition coefficient (Wildman–Crippen LogP) is 2.22. The minimum atomic E-state index is -0.566. The third-order valence-corrected chi connectivity index (χ3v) is 4.99. The van der Waals surface area contributed by atoms with E-state index < -0.39 is 5.60 Å². The Balaban J connectivity index is 1.41. The number of para-hydroxylation sites is 1. The summed E-state index contributed by atoms with van der Waals surface area (Å²) in [5.74, 6) is 0.822. The number of nitrogens with zero attached hydrogens (tertiary/aromatic N) is 3. The molecular weight excluding hydrogens is 318 g/mol. The van der Waals surface area contributed by atoms with Gasteiger partial charge in [-0.05, 0) is 25.1 Å². The summed E-state index contributed by atoms with van der Waals surface area (Å²) in [5.41, 5.74) is 1.02. The van der Waals surface area contributed by atoms with Crippen LogP contribution in [0.3, 0.4) is 0 Å². The third kappa shape index (κ3) is 3.04. The van der Waals surface area contributed by atoms with E-state index in [0.717, 1.165) is 5.69 Å². The maximum atomic E-state index is 12.5. The van der Waals surface area contributed by atoms with E-state index in [1.165, 1.54) is 0 Å². The van der Waals surface area contributed by atoms with Gasteiger partial charge in [-0.3, -0.25) is 14.3 Å². The van der Waals surface area contributed by atoms with Gasteiger partial charge in [-0.2, -0.15) is 5.10 Å². The summed E-state index contributed by atoms with van der Waals surface area (Å²) < 4.78 is 7.95. The van der Waals surface area contributed by atoms with Crippen LogP contribution in [0.4, 0.5) is 0 Å². The van der Waals surface area contributed by atoms with Gasteiger partial charge in [-0.1, -0.05) is 12.1 Å². The van der Waals surface area contributed by atoms with E-state index in [1.807, 2.05) is 42.3 Å². The highest BCUT2D eigenvalue weighted by Gasteiger charge is 2.46. The lowest BCUT2D eigenvalue weighted by atomic mass is 9.89. The summed E-state index contributed by atoms with van der Waals surface area (Å²) in [4.78, 5) is 26.8. The predicted molar refractivity (Wildman–Crippen MR) is 91.5 cm³/mol. The quantitative estimate of drug-likeness (QED) is 0.860. The summed E-state index contributed by atoms with van der Waals surface area (Å²) in [7, 11) is 0. The summed E-state index contributed by atoms with van der Waals surface area (Å²) >= 11 is 0. The number of ketones is 1. The van der Waals surface area contributed by atoms with E-state index in [4.69, 9.17) is 4.74 Å². The monoisotopic (exact) mass is 339 g/mol. The molecule has 1 spiro atoms. The molecule has 0 radical (unpaired) electrons. The Morgan fingerprint density at radius 2 is 2.16 bits per heavy atom. The number of amides is 1. The van der Waals surface area contributed by atoms with Gasteiger partial charge in [0, 0.05) is 32.1 Å². The maximum absolute atomic E-state index is 12.5. The number of benzene rings is 1. The molecule has 2 aliphatic rings. The van der Waals surface area contributed by atoms with Gasteiger partial charge in [0.05, 0.1) is 24.2 Å². The first-order valence-corrected chi connectivity index (χ1v) is 8.64. The van der Waals surface area contributed by atoms with Gasteiger partial charge >= 0.3 is 0 Å². The lowest BCUT2D eigenvalue weighted by molar-refractivity contribution is -0.131. The topological polar surface area (TPSA) is 64.4 Å². The Labute approximate surface area is 146 Å². The third-order valence-electron chi connectivity index (χ3n) is 4.99. The number of likely N-dealkylation sites (tertiary alicyclic amines) is 1. The van der Waals surface area contributed by atoms with Gasteiger partial charge in [0.15, 0.2) is 5.78 Å². The van der Waals surface area contributed by atoms with Crippen molar-refractivity contribution in [1.29, 1.82) is 0 Å². The Bertz CT molecular complexity index is 829. The molecule has 130 valence electrons. The molecule has 1 aromatic heterocycles. The van der Waals surface area contributed by atoms with Crippen LogP contribution in [-0.4, -0.2) is 45.1 Å². The number of hydrogen-bond acceptors (Lipinski definition) is 4. The van der Waals surface area contributed by atoms with Crippen LogP contribution in [0, 0.1) is 6.92 Å². The van der Waals surface area contributed by atoms with Crippen LogP contribution in [-0.2, 0) is 11.3 Å². The van der Waals surface area contributed by atoms with Crippen molar-refractivity contribution in [2.24, 2.45) is 0 Å². The largest absolute Gasteiger partial charge is 0.484 e. The van der Waals surface area contributed by atoms with E-state index in [9.17, 15) is 9.59 Å². The molecule has 1 amide bonds. The van der Waals surface area contributed by atoms with Gasteiger partial charge in [0.1, 0.15) is 11.4 Å². The van der Waals surface area contributed by atoms with Crippen LogP contribution >= 0.6 is 0 Å². The van der Waals surface area contributed by atoms with Crippen molar-refractivity contribution in [2.45, 2.75) is 38.3 Å². The molecule has 0 unspecified atom stereocenters. The van der Waals surface area contributed by atoms with Crippen LogP contribution < -0.4 is 4.74 Å². The van der Waals surface area contributed by atoms with E-state index >= 15 is 0 Å². The van der Waals surface area contributed by atoms with Crippen LogP contribution in [0.2, 0.25) is 0 Å². The lowest BCUT2D eigenvalue weighted by Gasteiger charge is -2.34. The smallest absolute Gasteiger partial charge is 0.224 e. The van der Waals surface area contributed by atoms with Crippen LogP contribution in [0.15, 0.2) is 36.5 Å². The average molecular weight is 339 g/mol. The maximum Gasteiger partial charge on any atom is 0.224 e. The molecular formula is C19H21N3O3. The van der Waals surface area contributed by atoms with Gasteiger partial charge in [0.25, 0.3) is 0 Å². The minimum Gasteiger partial charge on any atom is -0.484 e. The van der Waals surface area contributed by atoms with Crippen molar-refractivity contribution < 1.29 is 14.3 Å². The molecule has 0 bridgehead atoms. The molecule has 6 heteroatoms. The number of aromatic nitrogens is 2. The number of rotatable bonds is 3. The van der Waals surface area contributed by atoms with E-state index in [-0.39, 0.29) is 11.7 Å². The normalized spacial score (nSPS) is 22.1. The van der Waals surface area contributed by atoms with Crippen LogP contribution in [0.1, 0.15) is 35.3 Å². The molecule has 0 N–H and O–H groups in total.